The molecule has 0 spiro atoms. The van der Waals surface area contributed by atoms with Gasteiger partial charge in [-0.05, 0) is 63.1 Å². The van der Waals surface area contributed by atoms with Crippen molar-refractivity contribution < 1.29 is 23.9 Å². The second-order valence-corrected chi connectivity index (χ2v) is 7.93. The third-order valence-electron chi connectivity index (χ3n) is 5.27. The number of nitrogens with one attached hydrogen (secondary N) is 2. The van der Waals surface area contributed by atoms with E-state index in [1.807, 2.05) is 13.8 Å². The molecule has 1 heterocycles. The molecule has 0 radical (unpaired) electrons. The fourth-order valence-corrected chi connectivity index (χ4v) is 3.69. The smallest absolute Gasteiger partial charge is 0.260 e. The molecule has 1 atom stereocenters. The maximum atomic E-state index is 12.7. The van der Waals surface area contributed by atoms with Crippen LogP contribution in [0, 0.1) is 0 Å². The highest BCUT2D eigenvalue weighted by Gasteiger charge is 2.23. The van der Waals surface area contributed by atoms with E-state index in [2.05, 4.69) is 10.6 Å². The summed E-state index contributed by atoms with van der Waals surface area (Å²) in [7, 11) is 0. The molecular formula is C24H28ClN3O5. The molecule has 0 aliphatic carbocycles. The number of benzene rings is 2. The van der Waals surface area contributed by atoms with Crippen LogP contribution in [0.1, 0.15) is 37.0 Å². The van der Waals surface area contributed by atoms with E-state index >= 15 is 0 Å². The Morgan fingerprint density at radius 2 is 1.85 bits per heavy atom. The van der Waals surface area contributed by atoms with Gasteiger partial charge in [-0.25, -0.2) is 0 Å². The first-order valence-electron chi connectivity index (χ1n) is 10.9. The normalized spacial score (nSPS) is 15.1. The summed E-state index contributed by atoms with van der Waals surface area (Å²) >= 11 is 6.27. The highest BCUT2D eigenvalue weighted by molar-refractivity contribution is 6.32. The Bertz CT molecular complexity index is 1000. The molecule has 1 fully saturated rings. The van der Waals surface area contributed by atoms with Crippen LogP contribution in [0.4, 0.5) is 11.4 Å². The molecule has 176 valence electrons. The van der Waals surface area contributed by atoms with Gasteiger partial charge in [0.25, 0.3) is 17.7 Å². The molecule has 3 amide bonds. The number of hydrogen-bond acceptors (Lipinski definition) is 5. The zero-order valence-electron chi connectivity index (χ0n) is 18.7. The van der Waals surface area contributed by atoms with Crippen LogP contribution in [0.3, 0.4) is 0 Å². The maximum absolute atomic E-state index is 12.7. The van der Waals surface area contributed by atoms with Gasteiger partial charge in [-0.3, -0.25) is 14.4 Å². The van der Waals surface area contributed by atoms with E-state index in [-0.39, 0.29) is 29.4 Å². The Morgan fingerprint density at radius 3 is 2.52 bits per heavy atom. The van der Waals surface area contributed by atoms with Gasteiger partial charge in [0.15, 0.2) is 6.61 Å². The van der Waals surface area contributed by atoms with Crippen molar-refractivity contribution in [3.05, 3.63) is 53.1 Å². The molecule has 0 bridgehead atoms. The zero-order chi connectivity index (χ0) is 23.8. The van der Waals surface area contributed by atoms with Crippen molar-refractivity contribution in [1.29, 1.82) is 0 Å². The lowest BCUT2D eigenvalue weighted by molar-refractivity contribution is -0.133. The first-order valence-corrected chi connectivity index (χ1v) is 11.3. The number of rotatable bonds is 9. The summed E-state index contributed by atoms with van der Waals surface area (Å²) in [6.07, 6.45) is 1.10. The maximum Gasteiger partial charge on any atom is 0.260 e. The topological polar surface area (TPSA) is 97.0 Å². The highest BCUT2D eigenvalue weighted by atomic mass is 35.5. The van der Waals surface area contributed by atoms with Gasteiger partial charge in [-0.15, -0.1) is 0 Å². The van der Waals surface area contributed by atoms with Gasteiger partial charge >= 0.3 is 0 Å². The molecule has 33 heavy (non-hydrogen) atoms. The summed E-state index contributed by atoms with van der Waals surface area (Å²) in [4.78, 5) is 38.7. The van der Waals surface area contributed by atoms with Crippen molar-refractivity contribution in [3.8, 4) is 5.75 Å². The lowest BCUT2D eigenvalue weighted by Gasteiger charge is -2.19. The van der Waals surface area contributed by atoms with Crippen LogP contribution in [-0.4, -0.2) is 55.0 Å². The van der Waals surface area contributed by atoms with E-state index in [0.29, 0.717) is 48.8 Å². The number of amides is 3. The molecule has 0 aromatic heterocycles. The second-order valence-electron chi connectivity index (χ2n) is 7.53. The summed E-state index contributed by atoms with van der Waals surface area (Å²) in [5, 5.41) is 5.83. The van der Waals surface area contributed by atoms with E-state index < -0.39 is 6.10 Å². The Labute approximate surface area is 198 Å². The van der Waals surface area contributed by atoms with Gasteiger partial charge < -0.3 is 25.0 Å². The van der Waals surface area contributed by atoms with Gasteiger partial charge in [0.2, 0.25) is 0 Å². The summed E-state index contributed by atoms with van der Waals surface area (Å²) in [6, 6.07) is 11.5. The number of nitrogens with zero attached hydrogens (tertiary/aromatic N) is 1. The number of hydrogen-bond donors (Lipinski definition) is 2. The van der Waals surface area contributed by atoms with Crippen molar-refractivity contribution in [2.75, 3.05) is 36.9 Å². The predicted molar refractivity (Wildman–Crippen MR) is 127 cm³/mol. The van der Waals surface area contributed by atoms with Gasteiger partial charge in [0, 0.05) is 36.6 Å². The molecular weight excluding hydrogens is 446 g/mol. The van der Waals surface area contributed by atoms with Crippen LogP contribution >= 0.6 is 11.6 Å². The Balaban J connectivity index is 1.59. The minimum atomic E-state index is -0.451. The Kier molecular flexibility index (Phi) is 8.68. The fourth-order valence-electron chi connectivity index (χ4n) is 3.45. The summed E-state index contributed by atoms with van der Waals surface area (Å²) in [5.74, 6) is -0.342. The Morgan fingerprint density at radius 1 is 1.09 bits per heavy atom. The predicted octanol–water partition coefficient (Wildman–Crippen LogP) is 3.96. The average Bonchev–Trinajstić information content (AvgIpc) is 3.35. The van der Waals surface area contributed by atoms with Crippen LogP contribution in [0.2, 0.25) is 5.02 Å². The summed E-state index contributed by atoms with van der Waals surface area (Å²) < 4.78 is 10.9. The molecule has 2 N–H and O–H groups in total. The van der Waals surface area contributed by atoms with Gasteiger partial charge in [-0.2, -0.15) is 0 Å². The lowest BCUT2D eigenvalue weighted by Crippen LogP contribution is -2.34. The number of likely N-dealkylation sites (N-methyl/N-ethyl adjacent to an activating group) is 1. The van der Waals surface area contributed by atoms with Crippen molar-refractivity contribution in [3.63, 3.8) is 0 Å². The van der Waals surface area contributed by atoms with Crippen LogP contribution in [0.15, 0.2) is 42.5 Å². The van der Waals surface area contributed by atoms with Crippen LogP contribution in [0.25, 0.3) is 0 Å². The second kappa shape index (κ2) is 11.7. The number of ether oxygens (including phenoxy) is 2. The quantitative estimate of drug-likeness (QED) is 0.574. The van der Waals surface area contributed by atoms with Gasteiger partial charge in [-0.1, -0.05) is 17.7 Å². The first kappa shape index (κ1) is 24.5. The van der Waals surface area contributed by atoms with E-state index in [1.165, 1.54) is 0 Å². The van der Waals surface area contributed by atoms with E-state index in [9.17, 15) is 14.4 Å². The molecule has 1 unspecified atom stereocenters. The molecule has 2 aromatic carbocycles. The molecule has 1 aliphatic heterocycles. The largest absolute Gasteiger partial charge is 0.482 e. The van der Waals surface area contributed by atoms with Crippen molar-refractivity contribution in [2.24, 2.45) is 0 Å². The van der Waals surface area contributed by atoms with Crippen molar-refractivity contribution in [2.45, 2.75) is 32.8 Å². The SMILES string of the molecule is CCN(CC)C(=O)COc1ccc(NC(=O)c2cccc(NC(=O)C3CCCO3)c2)cc1Cl. The molecule has 3 rings (SSSR count). The standard InChI is InChI=1S/C24H28ClN3O5/c1-3-28(4-2)22(29)15-33-20-11-10-18(14-19(20)25)26-23(30)16-7-5-8-17(13-16)27-24(31)21-9-6-12-32-21/h5,7-8,10-11,13-14,21H,3-4,6,9,12,15H2,1-2H3,(H,26,30)(H,27,31). The molecule has 2 aromatic rings. The van der Waals surface area contributed by atoms with E-state index in [0.717, 1.165) is 6.42 Å². The van der Waals surface area contributed by atoms with Crippen molar-refractivity contribution >= 4 is 40.7 Å². The highest BCUT2D eigenvalue weighted by Crippen LogP contribution is 2.28. The molecule has 0 saturated carbocycles. The van der Waals surface area contributed by atoms with Crippen molar-refractivity contribution in [1.82, 2.24) is 4.90 Å². The fraction of sp³-hybridized carbons (Fsp3) is 0.375. The number of carbonyl (C=O) groups is 3. The third kappa shape index (κ3) is 6.69. The van der Waals surface area contributed by atoms with E-state index in [1.54, 1.807) is 47.4 Å². The minimum absolute atomic E-state index is 0.114. The van der Waals surface area contributed by atoms with E-state index in [4.69, 9.17) is 21.1 Å². The number of halogens is 1. The Hall–Kier alpha value is -3.10. The summed E-state index contributed by atoms with van der Waals surface area (Å²) in [5.41, 5.74) is 1.37. The van der Waals surface area contributed by atoms with Crippen LogP contribution < -0.4 is 15.4 Å². The average molecular weight is 474 g/mol. The molecule has 1 aliphatic rings. The van der Waals surface area contributed by atoms with Crippen LogP contribution in [-0.2, 0) is 14.3 Å². The third-order valence-corrected chi connectivity index (χ3v) is 5.57. The number of carbonyl (C=O) groups excluding carboxylic acids is 3. The molecule has 8 nitrogen and oxygen atoms in total. The minimum Gasteiger partial charge on any atom is -0.482 e. The first-order chi connectivity index (χ1) is 15.9. The molecule has 1 saturated heterocycles. The zero-order valence-corrected chi connectivity index (χ0v) is 19.5. The molecule has 9 heteroatoms. The lowest BCUT2D eigenvalue weighted by atomic mass is 10.1. The monoisotopic (exact) mass is 473 g/mol. The van der Waals surface area contributed by atoms with Gasteiger partial charge in [0.1, 0.15) is 11.9 Å². The summed E-state index contributed by atoms with van der Waals surface area (Å²) in [6.45, 7) is 5.49. The van der Waals surface area contributed by atoms with Gasteiger partial charge in [0.05, 0.1) is 5.02 Å². The van der Waals surface area contributed by atoms with Crippen LogP contribution in [0.5, 0.6) is 5.75 Å². The number of anilines is 2.